The molecule has 0 bridgehead atoms. The molecule has 1 aromatic heterocycles. The quantitative estimate of drug-likeness (QED) is 0.798. The van der Waals surface area contributed by atoms with Crippen molar-refractivity contribution < 1.29 is 10.2 Å². The van der Waals surface area contributed by atoms with Crippen molar-refractivity contribution >= 4 is 0 Å². The Balaban J connectivity index is 3.05. The van der Waals surface area contributed by atoms with Crippen LogP contribution in [0.5, 0.6) is 11.6 Å². The highest BCUT2D eigenvalue weighted by atomic mass is 16.3. The van der Waals surface area contributed by atoms with Gasteiger partial charge in [-0.1, -0.05) is 40.0 Å². The molecule has 2 N–H and O–H groups in total. The summed E-state index contributed by atoms with van der Waals surface area (Å²) < 4.78 is 1.68. The SMILES string of the molecule is CCCCC(CC)Cn1c(O)cc(=O)c(O)c1CC. The zero-order valence-electron chi connectivity index (χ0n) is 12.1. The number of rotatable bonds is 7. The fourth-order valence-electron chi connectivity index (χ4n) is 2.41. The van der Waals surface area contributed by atoms with Crippen LogP contribution in [-0.4, -0.2) is 14.8 Å². The summed E-state index contributed by atoms with van der Waals surface area (Å²) in [5.41, 5.74) is 0.0205. The van der Waals surface area contributed by atoms with Gasteiger partial charge in [-0.3, -0.25) is 4.79 Å². The molecule has 0 radical (unpaired) electrons. The smallest absolute Gasteiger partial charge is 0.227 e. The first-order chi connectivity index (χ1) is 9.04. The maximum Gasteiger partial charge on any atom is 0.227 e. The lowest BCUT2D eigenvalue weighted by Gasteiger charge is -2.21. The van der Waals surface area contributed by atoms with Gasteiger partial charge in [0, 0.05) is 12.6 Å². The van der Waals surface area contributed by atoms with Gasteiger partial charge in [0.15, 0.2) is 11.6 Å². The third-order valence-corrected chi connectivity index (χ3v) is 3.69. The molecule has 0 fully saturated rings. The maximum absolute atomic E-state index is 11.5. The first kappa shape index (κ1) is 15.6. The Hall–Kier alpha value is -1.45. The zero-order valence-corrected chi connectivity index (χ0v) is 12.1. The third-order valence-electron chi connectivity index (χ3n) is 3.69. The summed E-state index contributed by atoms with van der Waals surface area (Å²) in [6, 6.07) is 1.10. The third kappa shape index (κ3) is 3.75. The molecular formula is C15H25NO3. The number of hydrogen-bond acceptors (Lipinski definition) is 3. The molecule has 0 amide bonds. The van der Waals surface area contributed by atoms with Crippen LogP contribution in [0.2, 0.25) is 0 Å². The number of nitrogens with zero attached hydrogens (tertiary/aromatic N) is 1. The standard InChI is InChI=1S/C15H25NO3/c1-4-7-8-11(5-2)10-16-12(6-3)15(19)13(17)9-14(16)18/h9,11,18-19H,4-8,10H2,1-3H3. The van der Waals surface area contributed by atoms with Gasteiger partial charge in [0.2, 0.25) is 5.43 Å². The number of unbranched alkanes of at least 4 members (excludes halogenated alkanes) is 1. The average Bonchev–Trinajstić information content (AvgIpc) is 2.40. The van der Waals surface area contributed by atoms with Gasteiger partial charge < -0.3 is 14.8 Å². The lowest BCUT2D eigenvalue weighted by Crippen LogP contribution is -2.18. The average molecular weight is 267 g/mol. The Morgan fingerprint density at radius 3 is 2.47 bits per heavy atom. The van der Waals surface area contributed by atoms with E-state index in [4.69, 9.17) is 0 Å². The molecule has 0 saturated heterocycles. The van der Waals surface area contributed by atoms with Gasteiger partial charge in [-0.2, -0.15) is 0 Å². The van der Waals surface area contributed by atoms with Crippen LogP contribution < -0.4 is 5.43 Å². The van der Waals surface area contributed by atoms with Crippen LogP contribution in [0.4, 0.5) is 0 Å². The molecule has 19 heavy (non-hydrogen) atoms. The molecule has 108 valence electrons. The van der Waals surface area contributed by atoms with Gasteiger partial charge in [0.05, 0.1) is 5.69 Å². The summed E-state index contributed by atoms with van der Waals surface area (Å²) >= 11 is 0. The number of aromatic hydroxyl groups is 2. The highest BCUT2D eigenvalue weighted by Gasteiger charge is 2.16. The van der Waals surface area contributed by atoms with Crippen molar-refractivity contribution in [3.8, 4) is 11.6 Å². The molecule has 4 heteroatoms. The molecule has 0 aliphatic carbocycles. The minimum absolute atomic E-state index is 0.0467. The minimum atomic E-state index is -0.507. The molecule has 4 nitrogen and oxygen atoms in total. The Morgan fingerprint density at radius 2 is 1.95 bits per heavy atom. The fourth-order valence-corrected chi connectivity index (χ4v) is 2.41. The lowest BCUT2D eigenvalue weighted by molar-refractivity contribution is 0.330. The Labute approximate surface area is 114 Å². The van der Waals surface area contributed by atoms with Crippen molar-refractivity contribution in [2.24, 2.45) is 5.92 Å². The van der Waals surface area contributed by atoms with E-state index in [0.29, 0.717) is 24.6 Å². The summed E-state index contributed by atoms with van der Waals surface area (Å²) in [4.78, 5) is 11.5. The Morgan fingerprint density at radius 1 is 1.26 bits per heavy atom. The molecule has 1 heterocycles. The van der Waals surface area contributed by atoms with Crippen molar-refractivity contribution in [3.63, 3.8) is 0 Å². The van der Waals surface area contributed by atoms with E-state index in [-0.39, 0.29) is 11.6 Å². The topological polar surface area (TPSA) is 62.5 Å². The fraction of sp³-hybridized carbons (Fsp3) is 0.667. The van der Waals surface area contributed by atoms with Gasteiger partial charge in [-0.15, -0.1) is 0 Å². The molecule has 0 aliphatic rings. The van der Waals surface area contributed by atoms with Crippen molar-refractivity contribution in [3.05, 3.63) is 22.0 Å². The minimum Gasteiger partial charge on any atom is -0.503 e. The first-order valence-electron chi connectivity index (χ1n) is 7.19. The lowest BCUT2D eigenvalue weighted by atomic mass is 9.99. The summed E-state index contributed by atoms with van der Waals surface area (Å²) in [6.45, 7) is 6.81. The Bertz CT molecular complexity index is 465. The van der Waals surface area contributed by atoms with E-state index in [0.717, 1.165) is 31.7 Å². The van der Waals surface area contributed by atoms with Gasteiger partial charge in [0.25, 0.3) is 0 Å². The molecule has 1 aromatic rings. The molecule has 1 atom stereocenters. The van der Waals surface area contributed by atoms with Crippen LogP contribution in [0.3, 0.4) is 0 Å². The molecule has 1 unspecified atom stereocenters. The van der Waals surface area contributed by atoms with Crippen molar-refractivity contribution in [2.75, 3.05) is 0 Å². The van der Waals surface area contributed by atoms with Crippen LogP contribution in [0, 0.1) is 5.92 Å². The van der Waals surface area contributed by atoms with Crippen LogP contribution >= 0.6 is 0 Å². The predicted molar refractivity (Wildman–Crippen MR) is 76.7 cm³/mol. The van der Waals surface area contributed by atoms with Gasteiger partial charge in [-0.25, -0.2) is 0 Å². The maximum atomic E-state index is 11.5. The largest absolute Gasteiger partial charge is 0.503 e. The predicted octanol–water partition coefficient (Wildman–Crippen LogP) is 3.04. The van der Waals surface area contributed by atoms with E-state index in [1.807, 2.05) is 6.92 Å². The second-order valence-electron chi connectivity index (χ2n) is 5.04. The second kappa shape index (κ2) is 7.22. The normalized spacial score (nSPS) is 12.6. The number of aromatic nitrogens is 1. The van der Waals surface area contributed by atoms with Crippen molar-refractivity contribution in [1.82, 2.24) is 4.57 Å². The second-order valence-corrected chi connectivity index (χ2v) is 5.04. The summed E-state index contributed by atoms with van der Waals surface area (Å²) in [7, 11) is 0. The van der Waals surface area contributed by atoms with Gasteiger partial charge >= 0.3 is 0 Å². The summed E-state index contributed by atoms with van der Waals surface area (Å²) in [6.07, 6.45) is 4.96. The molecule has 1 rings (SSSR count). The highest BCUT2D eigenvalue weighted by molar-refractivity contribution is 5.32. The van der Waals surface area contributed by atoms with Crippen molar-refractivity contribution in [1.29, 1.82) is 0 Å². The molecule has 0 aliphatic heterocycles. The Kier molecular flexibility index (Phi) is 5.93. The van der Waals surface area contributed by atoms with E-state index in [1.54, 1.807) is 4.57 Å². The zero-order chi connectivity index (χ0) is 14.4. The van der Waals surface area contributed by atoms with E-state index in [9.17, 15) is 15.0 Å². The van der Waals surface area contributed by atoms with Crippen LogP contribution in [0.1, 0.15) is 52.1 Å². The van der Waals surface area contributed by atoms with Crippen LogP contribution in [0.15, 0.2) is 10.9 Å². The van der Waals surface area contributed by atoms with Crippen molar-refractivity contribution in [2.45, 2.75) is 59.4 Å². The van der Waals surface area contributed by atoms with Crippen LogP contribution in [0.25, 0.3) is 0 Å². The molecule has 0 saturated carbocycles. The number of pyridine rings is 1. The van der Waals surface area contributed by atoms with Crippen LogP contribution in [-0.2, 0) is 13.0 Å². The molecule has 0 aromatic carbocycles. The molecule has 0 spiro atoms. The summed E-state index contributed by atoms with van der Waals surface area (Å²) in [5, 5.41) is 19.8. The van der Waals surface area contributed by atoms with E-state index in [2.05, 4.69) is 13.8 Å². The van der Waals surface area contributed by atoms with E-state index in [1.165, 1.54) is 0 Å². The van der Waals surface area contributed by atoms with Gasteiger partial charge in [-0.05, 0) is 18.8 Å². The number of hydrogen-bond donors (Lipinski definition) is 2. The van der Waals surface area contributed by atoms with Gasteiger partial charge in [0.1, 0.15) is 0 Å². The van der Waals surface area contributed by atoms with E-state index >= 15 is 0 Å². The monoisotopic (exact) mass is 267 g/mol. The van der Waals surface area contributed by atoms with E-state index < -0.39 is 5.43 Å². The highest BCUT2D eigenvalue weighted by Crippen LogP contribution is 2.23. The first-order valence-corrected chi connectivity index (χ1v) is 7.19. The summed E-state index contributed by atoms with van der Waals surface area (Å²) in [5.74, 6) is 0.179. The molecular weight excluding hydrogens is 242 g/mol.